The molecule has 1 aromatic carbocycles. The first-order valence-corrected chi connectivity index (χ1v) is 7.15. The number of amides is 1. The normalized spacial score (nSPS) is 22.4. The number of benzene rings is 1. The van der Waals surface area contributed by atoms with Crippen molar-refractivity contribution in [3.05, 3.63) is 35.9 Å². The van der Waals surface area contributed by atoms with Crippen molar-refractivity contribution in [1.29, 1.82) is 0 Å². The minimum absolute atomic E-state index is 0.0143. The smallest absolute Gasteiger partial charge is 0.410 e. The van der Waals surface area contributed by atoms with Crippen molar-refractivity contribution in [1.82, 2.24) is 4.90 Å². The third kappa shape index (κ3) is 3.59. The summed E-state index contributed by atoms with van der Waals surface area (Å²) >= 11 is 0. The third-order valence-corrected chi connectivity index (χ3v) is 3.81. The summed E-state index contributed by atoms with van der Waals surface area (Å²) in [4.78, 5) is 24.7. The Labute approximate surface area is 119 Å². The van der Waals surface area contributed by atoms with Crippen LogP contribution in [0.4, 0.5) is 4.79 Å². The predicted molar refractivity (Wildman–Crippen MR) is 76.2 cm³/mol. The van der Waals surface area contributed by atoms with Crippen LogP contribution in [0.1, 0.15) is 38.2 Å². The van der Waals surface area contributed by atoms with Gasteiger partial charge in [-0.3, -0.25) is 0 Å². The standard InChI is InChI=1S/C16H21NO3/c1-13-6-5-9-15(10-11-18)17(13)16(19)20-12-14-7-3-2-4-8-14/h2-4,7-8,11,13,15H,5-6,9-10,12H2,1H3/t13-,15-/m0/s1. The lowest BCUT2D eigenvalue weighted by Gasteiger charge is -2.39. The molecule has 0 radical (unpaired) electrons. The molecule has 1 aromatic rings. The summed E-state index contributed by atoms with van der Waals surface area (Å²) in [5, 5.41) is 0. The quantitative estimate of drug-likeness (QED) is 0.793. The van der Waals surface area contributed by atoms with Crippen LogP contribution in [-0.2, 0) is 16.1 Å². The van der Waals surface area contributed by atoms with E-state index in [1.165, 1.54) is 0 Å². The molecule has 20 heavy (non-hydrogen) atoms. The van der Waals surface area contributed by atoms with E-state index in [0.29, 0.717) is 6.42 Å². The Balaban J connectivity index is 1.96. The molecular weight excluding hydrogens is 254 g/mol. The van der Waals surface area contributed by atoms with E-state index in [1.54, 1.807) is 4.90 Å². The van der Waals surface area contributed by atoms with Crippen LogP contribution in [0.2, 0.25) is 0 Å². The topological polar surface area (TPSA) is 46.6 Å². The van der Waals surface area contributed by atoms with E-state index in [2.05, 4.69) is 0 Å². The van der Waals surface area contributed by atoms with E-state index in [-0.39, 0.29) is 24.8 Å². The van der Waals surface area contributed by atoms with Crippen molar-refractivity contribution in [2.75, 3.05) is 0 Å². The van der Waals surface area contributed by atoms with Gasteiger partial charge in [0.05, 0.1) is 0 Å². The minimum atomic E-state index is -0.312. The van der Waals surface area contributed by atoms with Gasteiger partial charge in [-0.25, -0.2) is 4.79 Å². The Morgan fingerprint density at radius 3 is 2.80 bits per heavy atom. The number of nitrogens with zero attached hydrogens (tertiary/aromatic N) is 1. The molecule has 0 unspecified atom stereocenters. The van der Waals surface area contributed by atoms with Gasteiger partial charge in [0, 0.05) is 18.5 Å². The Morgan fingerprint density at radius 1 is 1.35 bits per heavy atom. The second-order valence-electron chi connectivity index (χ2n) is 5.28. The zero-order valence-corrected chi connectivity index (χ0v) is 11.8. The fraction of sp³-hybridized carbons (Fsp3) is 0.500. The molecule has 4 nitrogen and oxygen atoms in total. The summed E-state index contributed by atoms with van der Waals surface area (Å²) in [6.45, 7) is 2.29. The molecule has 2 rings (SSSR count). The molecule has 1 aliphatic heterocycles. The number of rotatable bonds is 4. The first-order chi connectivity index (χ1) is 9.72. The highest BCUT2D eigenvalue weighted by Crippen LogP contribution is 2.25. The first-order valence-electron chi connectivity index (χ1n) is 7.15. The van der Waals surface area contributed by atoms with Crippen LogP contribution in [0.3, 0.4) is 0 Å². The lowest BCUT2D eigenvalue weighted by Crippen LogP contribution is -2.49. The number of aldehydes is 1. The summed E-state index contributed by atoms with van der Waals surface area (Å²) in [6, 6.07) is 9.74. The zero-order chi connectivity index (χ0) is 14.4. The van der Waals surface area contributed by atoms with E-state index < -0.39 is 0 Å². The molecule has 1 aliphatic rings. The van der Waals surface area contributed by atoms with Crippen molar-refractivity contribution < 1.29 is 14.3 Å². The third-order valence-electron chi connectivity index (χ3n) is 3.81. The molecule has 4 heteroatoms. The average Bonchev–Trinajstić information content (AvgIpc) is 2.46. The van der Waals surface area contributed by atoms with E-state index in [1.807, 2.05) is 37.3 Å². The van der Waals surface area contributed by atoms with Gasteiger partial charge in [-0.2, -0.15) is 0 Å². The van der Waals surface area contributed by atoms with Gasteiger partial charge in [0.15, 0.2) is 0 Å². The van der Waals surface area contributed by atoms with Gasteiger partial charge in [0.2, 0.25) is 0 Å². The molecule has 0 bridgehead atoms. The minimum Gasteiger partial charge on any atom is -0.445 e. The van der Waals surface area contributed by atoms with E-state index >= 15 is 0 Å². The highest BCUT2D eigenvalue weighted by atomic mass is 16.6. The fourth-order valence-electron chi connectivity index (χ4n) is 2.75. The van der Waals surface area contributed by atoms with Gasteiger partial charge in [0.25, 0.3) is 0 Å². The summed E-state index contributed by atoms with van der Waals surface area (Å²) in [7, 11) is 0. The number of piperidine rings is 1. The molecular formula is C16H21NO3. The van der Waals surface area contributed by atoms with Crippen molar-refractivity contribution in [3.63, 3.8) is 0 Å². The Morgan fingerprint density at radius 2 is 2.10 bits per heavy atom. The summed E-state index contributed by atoms with van der Waals surface area (Å²) < 4.78 is 5.39. The maximum atomic E-state index is 12.3. The van der Waals surface area contributed by atoms with Gasteiger partial charge < -0.3 is 14.4 Å². The van der Waals surface area contributed by atoms with Crippen LogP contribution in [-0.4, -0.2) is 29.4 Å². The Kier molecular flexibility index (Phi) is 5.16. The molecule has 0 N–H and O–H groups in total. The monoisotopic (exact) mass is 275 g/mol. The van der Waals surface area contributed by atoms with E-state index in [0.717, 1.165) is 31.1 Å². The van der Waals surface area contributed by atoms with Crippen molar-refractivity contribution >= 4 is 12.4 Å². The molecule has 0 aromatic heterocycles. The summed E-state index contributed by atoms with van der Waals surface area (Å²) in [5.74, 6) is 0. The van der Waals surface area contributed by atoms with E-state index in [9.17, 15) is 9.59 Å². The van der Waals surface area contributed by atoms with Crippen molar-refractivity contribution in [3.8, 4) is 0 Å². The zero-order valence-electron chi connectivity index (χ0n) is 11.8. The van der Waals surface area contributed by atoms with Gasteiger partial charge in [-0.1, -0.05) is 30.3 Å². The highest BCUT2D eigenvalue weighted by molar-refractivity contribution is 5.69. The van der Waals surface area contributed by atoms with Gasteiger partial charge in [-0.05, 0) is 31.7 Å². The van der Waals surface area contributed by atoms with E-state index in [4.69, 9.17) is 4.74 Å². The van der Waals surface area contributed by atoms with Gasteiger partial charge >= 0.3 is 6.09 Å². The molecule has 108 valence electrons. The van der Waals surface area contributed by atoms with Crippen LogP contribution < -0.4 is 0 Å². The largest absolute Gasteiger partial charge is 0.445 e. The maximum absolute atomic E-state index is 12.3. The molecule has 0 saturated carbocycles. The number of carbonyl (C=O) groups excluding carboxylic acids is 2. The molecule has 1 amide bonds. The predicted octanol–water partition coefficient (Wildman–Crippen LogP) is 3.16. The molecule has 1 saturated heterocycles. The number of hydrogen-bond donors (Lipinski definition) is 0. The second-order valence-corrected chi connectivity index (χ2v) is 5.28. The molecule has 2 atom stereocenters. The molecule has 0 spiro atoms. The lowest BCUT2D eigenvalue weighted by atomic mass is 9.95. The second kappa shape index (κ2) is 7.08. The average molecular weight is 275 g/mol. The first kappa shape index (κ1) is 14.6. The van der Waals surface area contributed by atoms with Crippen LogP contribution in [0, 0.1) is 0 Å². The Hall–Kier alpha value is -1.84. The van der Waals surface area contributed by atoms with Crippen molar-refractivity contribution in [2.24, 2.45) is 0 Å². The molecule has 0 aliphatic carbocycles. The maximum Gasteiger partial charge on any atom is 0.410 e. The highest BCUT2D eigenvalue weighted by Gasteiger charge is 2.32. The fourth-order valence-corrected chi connectivity index (χ4v) is 2.75. The SMILES string of the molecule is C[C@H]1CCC[C@@H](CC=O)N1C(=O)OCc1ccccc1. The number of likely N-dealkylation sites (tertiary alicyclic amines) is 1. The molecule has 1 fully saturated rings. The van der Waals surface area contributed by atoms with Crippen molar-refractivity contribution in [2.45, 2.75) is 51.3 Å². The summed E-state index contributed by atoms with van der Waals surface area (Å²) in [5.41, 5.74) is 0.970. The lowest BCUT2D eigenvalue weighted by molar-refractivity contribution is -0.109. The number of carbonyl (C=O) groups is 2. The van der Waals surface area contributed by atoms with Crippen LogP contribution >= 0.6 is 0 Å². The number of ether oxygens (including phenoxy) is 1. The van der Waals surface area contributed by atoms with Gasteiger partial charge in [-0.15, -0.1) is 0 Å². The van der Waals surface area contributed by atoms with Crippen LogP contribution in [0.25, 0.3) is 0 Å². The summed E-state index contributed by atoms with van der Waals surface area (Å²) in [6.07, 6.45) is 3.87. The molecule has 1 heterocycles. The van der Waals surface area contributed by atoms with Crippen LogP contribution in [0.15, 0.2) is 30.3 Å². The Bertz CT molecular complexity index is 446. The number of hydrogen-bond acceptors (Lipinski definition) is 3. The van der Waals surface area contributed by atoms with Gasteiger partial charge in [0.1, 0.15) is 12.9 Å². The van der Waals surface area contributed by atoms with Crippen LogP contribution in [0.5, 0.6) is 0 Å².